The fraction of sp³-hybridized carbons (Fsp3) is 1.00. The Morgan fingerprint density at radius 2 is 2.08 bits per heavy atom. The van der Waals surface area contributed by atoms with E-state index in [2.05, 4.69) is 15.9 Å². The molecule has 0 N–H and O–H groups in total. The smallest absolute Gasteiger partial charge is 0.211 e. The summed E-state index contributed by atoms with van der Waals surface area (Å²) in [5.74, 6) is 0.605. The van der Waals surface area contributed by atoms with Gasteiger partial charge in [-0.1, -0.05) is 29.3 Å². The van der Waals surface area contributed by atoms with Crippen LogP contribution < -0.4 is 0 Å². The molecule has 1 fully saturated rings. The minimum Gasteiger partial charge on any atom is -0.211 e. The first-order valence-electron chi connectivity index (χ1n) is 4.64. The number of alkyl halides is 1. The van der Waals surface area contributed by atoms with E-state index in [9.17, 15) is 8.42 Å². The molecule has 5 heteroatoms. The van der Waals surface area contributed by atoms with Crippen molar-refractivity contribution in [1.29, 1.82) is 0 Å². The highest BCUT2D eigenvalue weighted by atomic mass is 79.9. The van der Waals surface area contributed by atoms with Crippen LogP contribution in [0, 0.1) is 5.92 Å². The van der Waals surface area contributed by atoms with E-state index in [1.165, 1.54) is 19.3 Å². The third-order valence-electron chi connectivity index (χ3n) is 2.57. The summed E-state index contributed by atoms with van der Waals surface area (Å²) in [6.07, 6.45) is 3.64. The predicted molar refractivity (Wildman–Crippen MR) is 57.3 cm³/mol. The van der Waals surface area contributed by atoms with Gasteiger partial charge in [-0.25, -0.2) is 12.7 Å². The third-order valence-corrected chi connectivity index (χ3v) is 5.78. The van der Waals surface area contributed by atoms with Gasteiger partial charge in [0.2, 0.25) is 10.0 Å². The molecule has 78 valence electrons. The molecule has 1 rings (SSSR count). The molecular formula is C8H16BrNO2S. The first-order chi connectivity index (χ1) is 6.10. The van der Waals surface area contributed by atoms with E-state index in [0.29, 0.717) is 19.0 Å². The topological polar surface area (TPSA) is 37.4 Å². The zero-order chi connectivity index (χ0) is 9.90. The summed E-state index contributed by atoms with van der Waals surface area (Å²) in [5.41, 5.74) is 0. The van der Waals surface area contributed by atoms with Crippen LogP contribution >= 0.6 is 15.9 Å². The SMILES string of the molecule is CCN(CC1CCC1)S(=O)(=O)CBr. The van der Waals surface area contributed by atoms with E-state index in [4.69, 9.17) is 0 Å². The molecule has 3 nitrogen and oxygen atoms in total. The molecule has 1 aliphatic rings. The summed E-state index contributed by atoms with van der Waals surface area (Å²) in [4.78, 5) is 0. The monoisotopic (exact) mass is 269 g/mol. The van der Waals surface area contributed by atoms with Gasteiger partial charge >= 0.3 is 0 Å². The number of nitrogens with zero attached hydrogens (tertiary/aromatic N) is 1. The third kappa shape index (κ3) is 2.92. The van der Waals surface area contributed by atoms with Gasteiger partial charge in [-0.05, 0) is 18.8 Å². The zero-order valence-electron chi connectivity index (χ0n) is 7.87. The van der Waals surface area contributed by atoms with Gasteiger partial charge in [0.1, 0.15) is 4.66 Å². The van der Waals surface area contributed by atoms with Gasteiger partial charge in [0.05, 0.1) is 0 Å². The van der Waals surface area contributed by atoms with Crippen LogP contribution in [0.5, 0.6) is 0 Å². The first-order valence-corrected chi connectivity index (χ1v) is 7.37. The van der Waals surface area contributed by atoms with Crippen molar-refractivity contribution in [1.82, 2.24) is 4.31 Å². The lowest BCUT2D eigenvalue weighted by Crippen LogP contribution is -2.37. The summed E-state index contributed by atoms with van der Waals surface area (Å²) in [6, 6.07) is 0. The van der Waals surface area contributed by atoms with Crippen LogP contribution in [0.15, 0.2) is 0 Å². The maximum Gasteiger partial charge on any atom is 0.224 e. The zero-order valence-corrected chi connectivity index (χ0v) is 10.3. The Morgan fingerprint density at radius 1 is 1.46 bits per heavy atom. The molecular weight excluding hydrogens is 254 g/mol. The van der Waals surface area contributed by atoms with Crippen LogP contribution in [0.1, 0.15) is 26.2 Å². The molecule has 0 saturated heterocycles. The van der Waals surface area contributed by atoms with E-state index in [0.717, 1.165) is 0 Å². The second-order valence-corrected chi connectivity index (χ2v) is 6.74. The van der Waals surface area contributed by atoms with Crippen molar-refractivity contribution in [2.24, 2.45) is 5.92 Å². The fourth-order valence-electron chi connectivity index (χ4n) is 1.47. The Hall–Kier alpha value is 0.390. The highest BCUT2D eigenvalue weighted by Gasteiger charge is 2.25. The molecule has 0 radical (unpaired) electrons. The largest absolute Gasteiger partial charge is 0.224 e. The van der Waals surface area contributed by atoms with Gasteiger partial charge in [-0.3, -0.25) is 0 Å². The maximum absolute atomic E-state index is 11.5. The van der Waals surface area contributed by atoms with Crippen LogP contribution in [-0.2, 0) is 10.0 Å². The maximum atomic E-state index is 11.5. The second kappa shape index (κ2) is 4.75. The average Bonchev–Trinajstić information content (AvgIpc) is 2.02. The Labute approximate surface area is 88.7 Å². The van der Waals surface area contributed by atoms with E-state index in [1.807, 2.05) is 6.92 Å². The molecule has 1 saturated carbocycles. The summed E-state index contributed by atoms with van der Waals surface area (Å²) in [7, 11) is -3.03. The molecule has 0 aromatic rings. The van der Waals surface area contributed by atoms with Crippen molar-refractivity contribution in [3.63, 3.8) is 0 Å². The van der Waals surface area contributed by atoms with Gasteiger partial charge in [-0.2, -0.15) is 0 Å². The van der Waals surface area contributed by atoms with E-state index >= 15 is 0 Å². The molecule has 0 atom stereocenters. The first kappa shape index (κ1) is 11.5. The van der Waals surface area contributed by atoms with Crippen LogP contribution in [0.25, 0.3) is 0 Å². The lowest BCUT2D eigenvalue weighted by Gasteiger charge is -2.30. The van der Waals surface area contributed by atoms with Gasteiger partial charge in [-0.15, -0.1) is 0 Å². The Morgan fingerprint density at radius 3 is 2.38 bits per heavy atom. The van der Waals surface area contributed by atoms with E-state index in [1.54, 1.807) is 4.31 Å². The molecule has 13 heavy (non-hydrogen) atoms. The highest BCUT2D eigenvalue weighted by Crippen LogP contribution is 2.27. The lowest BCUT2D eigenvalue weighted by molar-refractivity contribution is 0.250. The van der Waals surface area contributed by atoms with Crippen LogP contribution in [0.3, 0.4) is 0 Å². The molecule has 0 unspecified atom stereocenters. The Kier molecular flexibility index (Phi) is 4.19. The minimum atomic E-state index is -3.03. The van der Waals surface area contributed by atoms with E-state index in [-0.39, 0.29) is 4.66 Å². The molecule has 0 spiro atoms. The van der Waals surface area contributed by atoms with Crippen LogP contribution in [0.2, 0.25) is 0 Å². The van der Waals surface area contributed by atoms with Gasteiger partial charge < -0.3 is 0 Å². The van der Waals surface area contributed by atoms with Crippen molar-refractivity contribution in [3.8, 4) is 0 Å². The van der Waals surface area contributed by atoms with Gasteiger partial charge in [0.25, 0.3) is 0 Å². The molecule has 0 aromatic carbocycles. The summed E-state index contributed by atoms with van der Waals surface area (Å²) in [6.45, 7) is 3.19. The van der Waals surface area contributed by atoms with Gasteiger partial charge in [0.15, 0.2) is 0 Å². The van der Waals surface area contributed by atoms with Crippen LogP contribution in [0.4, 0.5) is 0 Å². The lowest BCUT2D eigenvalue weighted by atomic mass is 9.85. The van der Waals surface area contributed by atoms with Gasteiger partial charge in [0, 0.05) is 13.1 Å². The number of hydrogen-bond donors (Lipinski definition) is 0. The molecule has 0 amide bonds. The Balaban J connectivity index is 2.51. The van der Waals surface area contributed by atoms with Crippen molar-refractivity contribution >= 4 is 26.0 Å². The summed E-state index contributed by atoms with van der Waals surface area (Å²) >= 11 is 3.01. The summed E-state index contributed by atoms with van der Waals surface area (Å²) < 4.78 is 24.6. The van der Waals surface area contributed by atoms with E-state index < -0.39 is 10.0 Å². The Bertz CT molecular complexity index is 249. The quantitative estimate of drug-likeness (QED) is 0.714. The normalized spacial score (nSPS) is 19.0. The molecule has 0 bridgehead atoms. The second-order valence-electron chi connectivity index (χ2n) is 3.47. The van der Waals surface area contributed by atoms with Crippen molar-refractivity contribution in [2.75, 3.05) is 17.8 Å². The molecule has 0 aromatic heterocycles. The average molecular weight is 270 g/mol. The number of rotatable bonds is 5. The predicted octanol–water partition coefficient (Wildman–Crippen LogP) is 1.79. The molecule has 1 aliphatic carbocycles. The number of sulfonamides is 1. The number of hydrogen-bond acceptors (Lipinski definition) is 2. The van der Waals surface area contributed by atoms with Crippen LogP contribution in [-0.4, -0.2) is 30.5 Å². The fourth-order valence-corrected chi connectivity index (χ4v) is 3.31. The molecule has 0 heterocycles. The highest BCUT2D eigenvalue weighted by molar-refractivity contribution is 9.10. The molecule has 0 aliphatic heterocycles. The standard InChI is InChI=1S/C8H16BrNO2S/c1-2-10(13(11,12)7-9)6-8-4-3-5-8/h8H,2-7H2,1H3. The minimum absolute atomic E-state index is 0.0422. The number of halogens is 1. The van der Waals surface area contributed by atoms with Crippen molar-refractivity contribution < 1.29 is 8.42 Å². The van der Waals surface area contributed by atoms with Crippen molar-refractivity contribution in [3.05, 3.63) is 0 Å². The van der Waals surface area contributed by atoms with Crippen molar-refractivity contribution in [2.45, 2.75) is 26.2 Å². The summed E-state index contributed by atoms with van der Waals surface area (Å²) in [5, 5.41) is 0.